The van der Waals surface area contributed by atoms with Crippen molar-refractivity contribution in [3.8, 4) is 5.69 Å². The fourth-order valence-corrected chi connectivity index (χ4v) is 8.14. The van der Waals surface area contributed by atoms with Gasteiger partial charge in [0, 0.05) is 36.6 Å². The molecule has 224 valence electrons. The molecule has 1 unspecified atom stereocenters. The van der Waals surface area contributed by atoms with E-state index in [0.717, 1.165) is 14.3 Å². The Balaban J connectivity index is 1.42. The molecule has 43 heavy (non-hydrogen) atoms. The number of aryl methyl sites for hydroxylation is 1. The quantitative estimate of drug-likeness (QED) is 0.238. The van der Waals surface area contributed by atoms with Crippen molar-refractivity contribution < 1.29 is 26.0 Å². The van der Waals surface area contributed by atoms with Crippen LogP contribution in [-0.2, 0) is 24.8 Å². The molecule has 1 saturated heterocycles. The Labute approximate surface area is 250 Å². The summed E-state index contributed by atoms with van der Waals surface area (Å²) in [5.74, 6) is -1.19. The molecule has 10 nitrogen and oxygen atoms in total. The SMILES string of the molecule is Cc1cc(/C=N/NC(=O)C2CN(S(=O)(=O)c3ccccc3)CCN2S(=O)(=O)c2ccccc2)c(C)n1-c1ccccc1F. The molecular weight excluding hydrogens is 593 g/mol. The zero-order chi connectivity index (χ0) is 30.8. The maximum Gasteiger partial charge on any atom is 0.259 e. The number of para-hydroxylation sites is 1. The lowest BCUT2D eigenvalue weighted by molar-refractivity contribution is -0.125. The molecule has 4 aromatic rings. The van der Waals surface area contributed by atoms with E-state index in [2.05, 4.69) is 10.5 Å². The number of aromatic nitrogens is 1. The van der Waals surface area contributed by atoms with Gasteiger partial charge >= 0.3 is 0 Å². The van der Waals surface area contributed by atoms with Gasteiger partial charge in [-0.05, 0) is 56.3 Å². The maximum atomic E-state index is 14.5. The first-order chi connectivity index (χ1) is 20.5. The van der Waals surface area contributed by atoms with E-state index in [4.69, 9.17) is 0 Å². The van der Waals surface area contributed by atoms with E-state index in [1.165, 1.54) is 36.5 Å². The second-order valence-corrected chi connectivity index (χ2v) is 13.8. The number of nitrogens with one attached hydrogen (secondary N) is 1. The summed E-state index contributed by atoms with van der Waals surface area (Å²) in [6.07, 6.45) is 1.38. The zero-order valence-electron chi connectivity index (χ0n) is 23.5. The van der Waals surface area contributed by atoms with Crippen molar-refractivity contribution in [2.24, 2.45) is 5.10 Å². The normalized spacial score (nSPS) is 16.9. The average molecular weight is 624 g/mol. The van der Waals surface area contributed by atoms with Crippen LogP contribution in [0.5, 0.6) is 0 Å². The number of amides is 1. The second-order valence-electron chi connectivity index (χ2n) is 9.97. The van der Waals surface area contributed by atoms with Gasteiger partial charge in [-0.2, -0.15) is 13.7 Å². The van der Waals surface area contributed by atoms with Crippen LogP contribution in [0, 0.1) is 19.7 Å². The molecule has 1 fully saturated rings. The van der Waals surface area contributed by atoms with Gasteiger partial charge in [0.25, 0.3) is 5.91 Å². The predicted octanol–water partition coefficient (Wildman–Crippen LogP) is 3.45. The Morgan fingerprint density at radius 1 is 0.860 bits per heavy atom. The molecule has 1 aromatic heterocycles. The van der Waals surface area contributed by atoms with Gasteiger partial charge in [0.05, 0.1) is 21.7 Å². The minimum Gasteiger partial charge on any atom is -0.315 e. The number of halogens is 1. The Bertz CT molecular complexity index is 1880. The van der Waals surface area contributed by atoms with E-state index >= 15 is 0 Å². The van der Waals surface area contributed by atoms with Crippen LogP contribution in [0.25, 0.3) is 5.69 Å². The van der Waals surface area contributed by atoms with E-state index in [1.807, 2.05) is 6.92 Å². The summed E-state index contributed by atoms with van der Waals surface area (Å²) < 4.78 is 72.2. The molecule has 0 aliphatic carbocycles. The van der Waals surface area contributed by atoms with Gasteiger partial charge < -0.3 is 4.57 Å². The number of carbonyl (C=O) groups excluding carboxylic acids is 1. The molecule has 1 N–H and O–H groups in total. The molecule has 13 heteroatoms. The first-order valence-corrected chi connectivity index (χ1v) is 16.3. The summed E-state index contributed by atoms with van der Waals surface area (Å²) in [6.45, 7) is 2.80. The van der Waals surface area contributed by atoms with Gasteiger partial charge in [0.15, 0.2) is 0 Å². The minimum atomic E-state index is -4.15. The lowest BCUT2D eigenvalue weighted by Crippen LogP contribution is -2.60. The van der Waals surface area contributed by atoms with Crippen LogP contribution in [0.2, 0.25) is 0 Å². The first kappa shape index (κ1) is 30.3. The number of hydrogen-bond acceptors (Lipinski definition) is 6. The standard InChI is InChI=1S/C30H30FN5O5S2/c1-22-19-24(23(2)36(22)28-16-10-9-15-27(28)31)20-32-33-30(37)29-21-34(42(38,39)25-11-5-3-6-12-25)17-18-35(29)43(40,41)26-13-7-4-8-14-26/h3-16,19-20,29H,17-18,21H2,1-2H3,(H,33,37)/b32-20+. The maximum absolute atomic E-state index is 14.5. The largest absolute Gasteiger partial charge is 0.315 e. The molecule has 1 aliphatic heterocycles. The number of piperazine rings is 1. The van der Waals surface area contributed by atoms with Crippen LogP contribution in [0.1, 0.15) is 17.0 Å². The van der Waals surface area contributed by atoms with Crippen molar-refractivity contribution in [2.75, 3.05) is 19.6 Å². The molecule has 1 aliphatic rings. The Morgan fingerprint density at radius 3 is 2.07 bits per heavy atom. The van der Waals surface area contributed by atoms with Crippen LogP contribution in [0.15, 0.2) is 106 Å². The van der Waals surface area contributed by atoms with E-state index in [0.29, 0.717) is 16.9 Å². The third kappa shape index (κ3) is 6.02. The Hall–Kier alpha value is -4.17. The zero-order valence-corrected chi connectivity index (χ0v) is 25.1. The van der Waals surface area contributed by atoms with Crippen LogP contribution in [0.3, 0.4) is 0 Å². The summed E-state index contributed by atoms with van der Waals surface area (Å²) in [5.41, 5.74) is 4.78. The van der Waals surface area contributed by atoms with E-state index in [-0.39, 0.29) is 22.9 Å². The van der Waals surface area contributed by atoms with Crippen LogP contribution < -0.4 is 5.43 Å². The number of hydrazone groups is 1. The Kier molecular flexibility index (Phi) is 8.60. The average Bonchev–Trinajstić information content (AvgIpc) is 3.29. The predicted molar refractivity (Wildman–Crippen MR) is 160 cm³/mol. The molecule has 0 saturated carbocycles. The third-order valence-electron chi connectivity index (χ3n) is 7.27. The highest BCUT2D eigenvalue weighted by Crippen LogP contribution is 2.26. The van der Waals surface area contributed by atoms with Gasteiger partial charge in [-0.3, -0.25) is 4.79 Å². The summed E-state index contributed by atoms with van der Waals surface area (Å²) in [6, 6.07) is 22.1. The van der Waals surface area contributed by atoms with Crippen molar-refractivity contribution in [3.05, 3.63) is 114 Å². The van der Waals surface area contributed by atoms with Crippen LogP contribution in [0.4, 0.5) is 4.39 Å². The van der Waals surface area contributed by atoms with Crippen molar-refractivity contribution in [1.29, 1.82) is 0 Å². The first-order valence-electron chi connectivity index (χ1n) is 13.4. The van der Waals surface area contributed by atoms with Gasteiger partial charge in [-0.15, -0.1) is 0 Å². The highest BCUT2D eigenvalue weighted by Gasteiger charge is 2.43. The van der Waals surface area contributed by atoms with Crippen molar-refractivity contribution in [2.45, 2.75) is 29.7 Å². The lowest BCUT2D eigenvalue weighted by atomic mass is 10.2. The topological polar surface area (TPSA) is 121 Å². The summed E-state index contributed by atoms with van der Waals surface area (Å²) >= 11 is 0. The van der Waals surface area contributed by atoms with Crippen molar-refractivity contribution >= 4 is 32.2 Å². The van der Waals surface area contributed by atoms with E-state index in [9.17, 15) is 26.0 Å². The van der Waals surface area contributed by atoms with Gasteiger partial charge in [0.2, 0.25) is 20.0 Å². The third-order valence-corrected chi connectivity index (χ3v) is 11.1. The number of benzene rings is 3. The monoisotopic (exact) mass is 623 g/mol. The number of sulfonamides is 2. The summed E-state index contributed by atoms with van der Waals surface area (Å²) in [7, 11) is -8.15. The highest BCUT2D eigenvalue weighted by molar-refractivity contribution is 7.89. The van der Waals surface area contributed by atoms with Gasteiger partial charge in [-0.25, -0.2) is 26.7 Å². The lowest BCUT2D eigenvalue weighted by Gasteiger charge is -2.38. The molecule has 0 radical (unpaired) electrons. The Morgan fingerprint density at radius 2 is 1.44 bits per heavy atom. The smallest absolute Gasteiger partial charge is 0.259 e. The second kappa shape index (κ2) is 12.2. The molecule has 0 spiro atoms. The van der Waals surface area contributed by atoms with E-state index in [1.54, 1.807) is 72.2 Å². The van der Waals surface area contributed by atoms with E-state index < -0.39 is 44.4 Å². The number of hydrogen-bond donors (Lipinski definition) is 1. The molecular formula is C30H30FN5O5S2. The number of rotatable bonds is 8. The van der Waals surface area contributed by atoms with Crippen molar-refractivity contribution in [3.63, 3.8) is 0 Å². The summed E-state index contributed by atoms with van der Waals surface area (Å²) in [4.78, 5) is 13.5. The van der Waals surface area contributed by atoms with Gasteiger partial charge in [-0.1, -0.05) is 48.5 Å². The molecule has 0 bridgehead atoms. The minimum absolute atomic E-state index is 0.0174. The van der Waals surface area contributed by atoms with Crippen molar-refractivity contribution in [1.82, 2.24) is 18.6 Å². The number of nitrogens with zero attached hydrogens (tertiary/aromatic N) is 4. The molecule has 2 heterocycles. The van der Waals surface area contributed by atoms with Crippen LogP contribution >= 0.6 is 0 Å². The number of carbonyl (C=O) groups is 1. The summed E-state index contributed by atoms with van der Waals surface area (Å²) in [5, 5.41) is 4.06. The fourth-order valence-electron chi connectivity index (χ4n) is 5.09. The molecule has 1 amide bonds. The fraction of sp³-hybridized carbons (Fsp3) is 0.200. The molecule has 1 atom stereocenters. The van der Waals surface area contributed by atoms with Crippen LogP contribution in [-0.4, -0.2) is 67.8 Å². The molecule has 3 aromatic carbocycles. The molecule has 5 rings (SSSR count). The van der Waals surface area contributed by atoms with Gasteiger partial charge in [0.1, 0.15) is 11.9 Å². The highest BCUT2D eigenvalue weighted by atomic mass is 32.2.